The zero-order valence-electron chi connectivity index (χ0n) is 18.4. The second-order valence-electron chi connectivity index (χ2n) is 8.41. The van der Waals surface area contributed by atoms with Crippen LogP contribution in [0.5, 0.6) is 5.75 Å². The molecule has 1 saturated heterocycles. The number of pyridine rings is 1. The minimum atomic E-state index is -3.62. The van der Waals surface area contributed by atoms with Gasteiger partial charge >= 0.3 is 5.97 Å². The van der Waals surface area contributed by atoms with Gasteiger partial charge in [-0.2, -0.15) is 4.31 Å². The molecular formula is C23H26ClN3O5S. The van der Waals surface area contributed by atoms with Crippen molar-refractivity contribution in [3.8, 4) is 5.75 Å². The van der Waals surface area contributed by atoms with Crippen LogP contribution in [-0.4, -0.2) is 52.5 Å². The molecule has 1 aromatic carbocycles. The van der Waals surface area contributed by atoms with Crippen LogP contribution in [-0.2, 0) is 21.4 Å². The summed E-state index contributed by atoms with van der Waals surface area (Å²) in [4.78, 5) is 15.8. The van der Waals surface area contributed by atoms with E-state index in [-0.39, 0.29) is 23.5 Å². The van der Waals surface area contributed by atoms with Gasteiger partial charge < -0.3 is 14.4 Å². The first kappa shape index (κ1) is 23.5. The van der Waals surface area contributed by atoms with Gasteiger partial charge in [0.1, 0.15) is 17.9 Å². The van der Waals surface area contributed by atoms with Crippen molar-refractivity contribution >= 4 is 38.6 Å². The summed E-state index contributed by atoms with van der Waals surface area (Å²) in [7, 11) is -3.62. The zero-order valence-corrected chi connectivity index (χ0v) is 20.0. The number of benzene rings is 1. The number of fused-ring (bicyclic) bond motifs is 1. The zero-order chi connectivity index (χ0) is 23.8. The van der Waals surface area contributed by atoms with Gasteiger partial charge in [-0.1, -0.05) is 11.6 Å². The van der Waals surface area contributed by atoms with Crippen molar-refractivity contribution in [3.63, 3.8) is 0 Å². The Morgan fingerprint density at radius 1 is 1.21 bits per heavy atom. The normalized spacial score (nSPS) is 15.9. The molecule has 1 fully saturated rings. The number of aromatic nitrogens is 2. The molecule has 0 aliphatic carbocycles. The fourth-order valence-corrected chi connectivity index (χ4v) is 6.02. The molecule has 3 aromatic rings. The third kappa shape index (κ3) is 4.85. The van der Waals surface area contributed by atoms with Gasteiger partial charge in [0.15, 0.2) is 0 Å². The summed E-state index contributed by atoms with van der Waals surface area (Å²) in [5, 5.41) is 10.5. The SMILES string of the molecule is CC(C)Oc1ccc(S(=O)(=O)N2CCC(c3cn(CC(=O)O)c4nccc(Cl)c34)CC2)cc1. The van der Waals surface area contributed by atoms with Crippen molar-refractivity contribution in [1.29, 1.82) is 0 Å². The number of rotatable bonds is 7. The minimum Gasteiger partial charge on any atom is -0.491 e. The van der Waals surface area contributed by atoms with Gasteiger partial charge in [-0.15, -0.1) is 0 Å². The molecule has 0 atom stereocenters. The fraction of sp³-hybridized carbons (Fsp3) is 0.391. The van der Waals surface area contributed by atoms with Crippen molar-refractivity contribution in [2.75, 3.05) is 13.1 Å². The van der Waals surface area contributed by atoms with Crippen LogP contribution in [0.3, 0.4) is 0 Å². The summed E-state index contributed by atoms with van der Waals surface area (Å²) in [6.07, 6.45) is 4.56. The smallest absolute Gasteiger partial charge is 0.323 e. The summed E-state index contributed by atoms with van der Waals surface area (Å²) in [5.74, 6) is -0.283. The molecule has 1 aliphatic heterocycles. The third-order valence-corrected chi connectivity index (χ3v) is 8.00. The molecule has 1 N–H and O–H groups in total. The molecule has 3 heterocycles. The molecule has 4 rings (SSSR count). The van der Waals surface area contributed by atoms with E-state index >= 15 is 0 Å². The lowest BCUT2D eigenvalue weighted by molar-refractivity contribution is -0.137. The van der Waals surface area contributed by atoms with Gasteiger partial charge in [0.05, 0.1) is 16.0 Å². The van der Waals surface area contributed by atoms with E-state index in [4.69, 9.17) is 16.3 Å². The van der Waals surface area contributed by atoms with Crippen molar-refractivity contribution in [2.24, 2.45) is 0 Å². The number of ether oxygens (including phenoxy) is 1. The van der Waals surface area contributed by atoms with Crippen LogP contribution >= 0.6 is 11.6 Å². The molecule has 1 aliphatic rings. The molecule has 0 saturated carbocycles. The lowest BCUT2D eigenvalue weighted by Gasteiger charge is -2.31. The predicted molar refractivity (Wildman–Crippen MR) is 125 cm³/mol. The molecule has 0 unspecified atom stereocenters. The minimum absolute atomic E-state index is 0.0108. The second-order valence-corrected chi connectivity index (χ2v) is 10.8. The fourth-order valence-electron chi connectivity index (χ4n) is 4.30. The third-order valence-electron chi connectivity index (χ3n) is 5.77. The average Bonchev–Trinajstić information content (AvgIpc) is 3.13. The van der Waals surface area contributed by atoms with Crippen LogP contribution < -0.4 is 4.74 Å². The van der Waals surface area contributed by atoms with E-state index in [0.29, 0.717) is 42.4 Å². The van der Waals surface area contributed by atoms with Gasteiger partial charge in [0.25, 0.3) is 0 Å². The number of carboxylic acid groups (broad SMARTS) is 1. The van der Waals surface area contributed by atoms with E-state index in [1.54, 1.807) is 47.3 Å². The molecule has 176 valence electrons. The number of piperidine rings is 1. The van der Waals surface area contributed by atoms with Gasteiger partial charge in [0, 0.05) is 30.9 Å². The molecule has 2 aromatic heterocycles. The van der Waals surface area contributed by atoms with E-state index < -0.39 is 16.0 Å². The standard InChI is InChI=1S/C23H26ClN3O5S/c1-15(2)32-17-3-5-18(6-4-17)33(30,31)27-11-8-16(9-12-27)19-13-26(14-21(28)29)23-22(19)20(24)7-10-25-23/h3-7,10,13,15-16H,8-9,11-12,14H2,1-2H3,(H,28,29). The Bertz CT molecular complexity index is 1260. The molecule has 0 radical (unpaired) electrons. The van der Waals surface area contributed by atoms with Gasteiger partial charge in [-0.25, -0.2) is 13.4 Å². The molecule has 0 bridgehead atoms. The summed E-state index contributed by atoms with van der Waals surface area (Å²) < 4.78 is 35.0. The number of nitrogens with zero attached hydrogens (tertiary/aromatic N) is 3. The first-order valence-electron chi connectivity index (χ1n) is 10.8. The maximum atomic E-state index is 13.1. The van der Waals surface area contributed by atoms with E-state index in [1.807, 2.05) is 13.8 Å². The van der Waals surface area contributed by atoms with Gasteiger partial charge in [-0.3, -0.25) is 4.79 Å². The molecule has 10 heteroatoms. The highest BCUT2D eigenvalue weighted by atomic mass is 35.5. The molecular weight excluding hydrogens is 466 g/mol. The van der Waals surface area contributed by atoms with Crippen LogP contribution in [0.4, 0.5) is 0 Å². The number of hydrogen-bond donors (Lipinski definition) is 1. The van der Waals surface area contributed by atoms with Crippen molar-refractivity contribution in [2.45, 2.75) is 50.2 Å². The largest absolute Gasteiger partial charge is 0.491 e. The number of aliphatic carboxylic acids is 1. The van der Waals surface area contributed by atoms with Crippen LogP contribution in [0.2, 0.25) is 5.02 Å². The van der Waals surface area contributed by atoms with Crippen LogP contribution in [0, 0.1) is 0 Å². The lowest BCUT2D eigenvalue weighted by Crippen LogP contribution is -2.37. The Labute approximate surface area is 197 Å². The molecule has 0 spiro atoms. The van der Waals surface area contributed by atoms with E-state index in [1.165, 1.54) is 4.31 Å². The van der Waals surface area contributed by atoms with E-state index in [9.17, 15) is 18.3 Å². The average molecular weight is 492 g/mol. The Morgan fingerprint density at radius 3 is 2.48 bits per heavy atom. The van der Waals surface area contributed by atoms with Crippen LogP contribution in [0.15, 0.2) is 47.6 Å². The van der Waals surface area contributed by atoms with Crippen molar-refractivity contribution in [1.82, 2.24) is 13.9 Å². The number of halogens is 1. The Hall–Kier alpha value is -2.62. The highest BCUT2D eigenvalue weighted by molar-refractivity contribution is 7.89. The molecule has 8 nitrogen and oxygen atoms in total. The lowest BCUT2D eigenvalue weighted by atomic mass is 9.90. The maximum Gasteiger partial charge on any atom is 0.323 e. The first-order valence-corrected chi connectivity index (χ1v) is 12.6. The summed E-state index contributed by atoms with van der Waals surface area (Å²) in [6, 6.07) is 8.18. The Morgan fingerprint density at radius 2 is 1.88 bits per heavy atom. The summed E-state index contributed by atoms with van der Waals surface area (Å²) in [5.41, 5.74) is 1.44. The molecule has 0 amide bonds. The van der Waals surface area contributed by atoms with Crippen LogP contribution in [0.1, 0.15) is 38.2 Å². The predicted octanol–water partition coefficient (Wildman–Crippen LogP) is 4.13. The highest BCUT2D eigenvalue weighted by Crippen LogP contribution is 2.38. The van der Waals surface area contributed by atoms with Crippen LogP contribution in [0.25, 0.3) is 11.0 Å². The Balaban J connectivity index is 1.53. The number of carbonyl (C=O) groups is 1. The maximum absolute atomic E-state index is 13.1. The quantitative estimate of drug-likeness (QED) is 0.533. The Kier molecular flexibility index (Phi) is 6.65. The summed E-state index contributed by atoms with van der Waals surface area (Å²) >= 11 is 6.44. The highest BCUT2D eigenvalue weighted by Gasteiger charge is 2.32. The first-order chi connectivity index (χ1) is 15.7. The molecule has 33 heavy (non-hydrogen) atoms. The number of carboxylic acids is 1. The second kappa shape index (κ2) is 9.32. The van der Waals surface area contributed by atoms with Crippen molar-refractivity contribution < 1.29 is 23.1 Å². The monoisotopic (exact) mass is 491 g/mol. The van der Waals surface area contributed by atoms with E-state index in [0.717, 1.165) is 10.9 Å². The van der Waals surface area contributed by atoms with Crippen molar-refractivity contribution in [3.05, 3.63) is 53.3 Å². The number of sulfonamides is 1. The van der Waals surface area contributed by atoms with E-state index in [2.05, 4.69) is 4.98 Å². The van der Waals surface area contributed by atoms with Gasteiger partial charge in [0.2, 0.25) is 10.0 Å². The summed E-state index contributed by atoms with van der Waals surface area (Å²) in [6.45, 7) is 4.34. The number of hydrogen-bond acceptors (Lipinski definition) is 5. The topological polar surface area (TPSA) is 102 Å². The van der Waals surface area contributed by atoms with Gasteiger partial charge in [-0.05, 0) is 68.5 Å².